The number of hydrogen-bond acceptors (Lipinski definition) is 5. The van der Waals surface area contributed by atoms with Crippen LogP contribution in [0.5, 0.6) is 11.5 Å². The van der Waals surface area contributed by atoms with Crippen LogP contribution in [0.25, 0.3) is 0 Å². The number of para-hydroxylation sites is 1. The maximum Gasteiger partial charge on any atom is 0.222 e. The summed E-state index contributed by atoms with van der Waals surface area (Å²) in [6.07, 6.45) is 0.674. The average Bonchev–Trinajstić information content (AvgIpc) is 3.37. The maximum absolute atomic E-state index is 6.32. The smallest absolute Gasteiger partial charge is 0.222 e. The molecule has 2 aliphatic rings. The highest BCUT2D eigenvalue weighted by atomic mass is 32.1. The van der Waals surface area contributed by atoms with Crippen LogP contribution in [0.15, 0.2) is 71.1 Å². The summed E-state index contributed by atoms with van der Waals surface area (Å²) in [5.41, 5.74) is 3.36. The van der Waals surface area contributed by atoms with Crippen molar-refractivity contribution in [2.24, 2.45) is 5.10 Å². The van der Waals surface area contributed by atoms with Gasteiger partial charge in [-0.05, 0) is 29.6 Å². The van der Waals surface area contributed by atoms with Gasteiger partial charge in [0.25, 0.3) is 0 Å². The summed E-state index contributed by atoms with van der Waals surface area (Å²) in [6.45, 7) is 0. The normalized spacial score (nSPS) is 20.8. The number of benzene rings is 2. The minimum Gasteiger partial charge on any atom is -0.497 e. The fraction of sp³-hybridized carbons (Fsp3) is 0.190. The van der Waals surface area contributed by atoms with E-state index in [2.05, 4.69) is 46.8 Å². The highest BCUT2D eigenvalue weighted by Crippen LogP contribution is 2.48. The molecular weight excluding hydrogens is 344 g/mol. The monoisotopic (exact) mass is 362 g/mol. The quantitative estimate of drug-likeness (QED) is 0.658. The van der Waals surface area contributed by atoms with E-state index in [-0.39, 0.29) is 12.3 Å². The molecule has 0 spiro atoms. The lowest BCUT2D eigenvalue weighted by Crippen LogP contribution is -2.33. The molecule has 0 radical (unpaired) electrons. The molecule has 130 valence electrons. The molecule has 2 atom stereocenters. The van der Waals surface area contributed by atoms with Crippen LogP contribution in [-0.2, 0) is 0 Å². The van der Waals surface area contributed by atoms with E-state index in [0.717, 1.165) is 29.2 Å². The summed E-state index contributed by atoms with van der Waals surface area (Å²) in [4.78, 5) is 1.17. The van der Waals surface area contributed by atoms with Crippen LogP contribution in [0.2, 0.25) is 0 Å². The number of hydrazone groups is 1. The fourth-order valence-corrected chi connectivity index (χ4v) is 4.37. The van der Waals surface area contributed by atoms with E-state index in [0.29, 0.717) is 0 Å². The second kappa shape index (κ2) is 6.18. The summed E-state index contributed by atoms with van der Waals surface area (Å²) in [5.74, 6) is 1.80. The second-order valence-corrected chi connectivity index (χ2v) is 7.38. The topological polar surface area (TPSA) is 34.1 Å². The van der Waals surface area contributed by atoms with Gasteiger partial charge in [-0.3, -0.25) is 0 Å². The number of rotatable bonds is 3. The lowest BCUT2D eigenvalue weighted by molar-refractivity contribution is -0.0165. The molecule has 0 N–H and O–H groups in total. The van der Waals surface area contributed by atoms with E-state index in [9.17, 15) is 0 Å². The number of methoxy groups -OCH3 is 1. The molecule has 0 bridgehead atoms. The predicted molar refractivity (Wildman–Crippen MR) is 103 cm³/mol. The standard InChI is InChI=1S/C21H18N2O2S/c1-24-15-7-4-6-14(12-15)17-13-18-16-8-2-3-9-19(16)25-21(23(18)22-17)20-10-5-11-26-20/h2-12,18,21H,13H2,1H3/t18-,21+/m0/s1. The molecule has 5 rings (SSSR count). The van der Waals surface area contributed by atoms with Crippen molar-refractivity contribution >= 4 is 17.0 Å². The van der Waals surface area contributed by atoms with Crippen molar-refractivity contribution in [3.05, 3.63) is 82.0 Å². The number of hydrogen-bond donors (Lipinski definition) is 0. The first-order valence-corrected chi connectivity index (χ1v) is 9.50. The summed E-state index contributed by atoms with van der Waals surface area (Å²) in [7, 11) is 1.69. The van der Waals surface area contributed by atoms with Gasteiger partial charge in [0.1, 0.15) is 11.5 Å². The Hall–Kier alpha value is -2.79. The minimum absolute atomic E-state index is 0.182. The zero-order valence-electron chi connectivity index (χ0n) is 14.3. The number of fused-ring (bicyclic) bond motifs is 3. The van der Waals surface area contributed by atoms with Crippen LogP contribution in [0.3, 0.4) is 0 Å². The Kier molecular flexibility index (Phi) is 3.68. The molecule has 0 fully saturated rings. The molecule has 4 nitrogen and oxygen atoms in total. The molecule has 2 aliphatic heterocycles. The Morgan fingerprint density at radius 1 is 1.12 bits per heavy atom. The zero-order chi connectivity index (χ0) is 17.5. The molecule has 0 saturated heterocycles. The van der Waals surface area contributed by atoms with E-state index >= 15 is 0 Å². The van der Waals surface area contributed by atoms with Crippen molar-refractivity contribution < 1.29 is 9.47 Å². The fourth-order valence-electron chi connectivity index (χ4n) is 3.63. The summed E-state index contributed by atoms with van der Waals surface area (Å²) < 4.78 is 11.7. The van der Waals surface area contributed by atoms with E-state index in [4.69, 9.17) is 14.6 Å². The molecule has 0 amide bonds. The Balaban J connectivity index is 1.58. The van der Waals surface area contributed by atoms with E-state index in [1.54, 1.807) is 18.4 Å². The van der Waals surface area contributed by atoms with Gasteiger partial charge in [0, 0.05) is 17.5 Å². The minimum atomic E-state index is -0.182. The Labute approximate surface area is 156 Å². The first kappa shape index (κ1) is 15.5. The second-order valence-electron chi connectivity index (χ2n) is 6.40. The SMILES string of the molecule is COc1cccc(C2=NN3[C@@H](c4cccs4)Oc4ccccc4[C@@H]3C2)c1. The van der Waals surface area contributed by atoms with Crippen LogP contribution in [-0.4, -0.2) is 17.8 Å². The molecule has 3 heterocycles. The lowest BCUT2D eigenvalue weighted by Gasteiger charge is -2.37. The van der Waals surface area contributed by atoms with E-state index in [1.807, 2.05) is 24.3 Å². The highest BCUT2D eigenvalue weighted by Gasteiger charge is 2.41. The predicted octanol–water partition coefficient (Wildman–Crippen LogP) is 5.00. The van der Waals surface area contributed by atoms with Gasteiger partial charge in [-0.25, -0.2) is 5.01 Å². The third-order valence-corrected chi connectivity index (χ3v) is 5.79. The van der Waals surface area contributed by atoms with Gasteiger partial charge in [0.15, 0.2) is 0 Å². The van der Waals surface area contributed by atoms with Crippen molar-refractivity contribution in [2.75, 3.05) is 7.11 Å². The molecule has 1 aromatic heterocycles. The van der Waals surface area contributed by atoms with Crippen molar-refractivity contribution in [1.29, 1.82) is 0 Å². The van der Waals surface area contributed by atoms with Gasteiger partial charge in [-0.15, -0.1) is 11.3 Å². The van der Waals surface area contributed by atoms with Gasteiger partial charge >= 0.3 is 0 Å². The van der Waals surface area contributed by atoms with E-state index in [1.165, 1.54) is 10.4 Å². The van der Waals surface area contributed by atoms with Crippen LogP contribution in [0, 0.1) is 0 Å². The highest BCUT2D eigenvalue weighted by molar-refractivity contribution is 7.10. The van der Waals surface area contributed by atoms with Crippen molar-refractivity contribution in [3.8, 4) is 11.5 Å². The van der Waals surface area contributed by atoms with Crippen molar-refractivity contribution in [2.45, 2.75) is 18.7 Å². The number of thiophene rings is 1. The molecule has 0 unspecified atom stereocenters. The number of nitrogens with zero attached hydrogens (tertiary/aromatic N) is 2. The van der Waals surface area contributed by atoms with Gasteiger partial charge in [0.05, 0.1) is 23.7 Å². The van der Waals surface area contributed by atoms with Crippen LogP contribution >= 0.6 is 11.3 Å². The Bertz CT molecular complexity index is 968. The maximum atomic E-state index is 6.32. The van der Waals surface area contributed by atoms with Gasteiger partial charge in [-0.2, -0.15) is 5.10 Å². The number of ether oxygens (including phenoxy) is 2. The van der Waals surface area contributed by atoms with Gasteiger partial charge < -0.3 is 9.47 Å². The zero-order valence-corrected chi connectivity index (χ0v) is 15.1. The van der Waals surface area contributed by atoms with Crippen molar-refractivity contribution in [1.82, 2.24) is 5.01 Å². The lowest BCUT2D eigenvalue weighted by atomic mass is 9.96. The first-order chi connectivity index (χ1) is 12.8. The Morgan fingerprint density at radius 3 is 2.88 bits per heavy atom. The van der Waals surface area contributed by atoms with Crippen LogP contribution in [0.4, 0.5) is 0 Å². The van der Waals surface area contributed by atoms with Gasteiger partial charge in [0.2, 0.25) is 6.23 Å². The molecule has 3 aromatic rings. The average molecular weight is 362 g/mol. The third kappa shape index (κ3) is 2.47. The largest absolute Gasteiger partial charge is 0.497 e. The van der Waals surface area contributed by atoms with Gasteiger partial charge in [-0.1, -0.05) is 36.4 Å². The van der Waals surface area contributed by atoms with Crippen molar-refractivity contribution in [3.63, 3.8) is 0 Å². The summed E-state index contributed by atoms with van der Waals surface area (Å²) >= 11 is 1.70. The molecule has 2 aromatic carbocycles. The first-order valence-electron chi connectivity index (χ1n) is 8.63. The summed E-state index contributed by atoms with van der Waals surface area (Å²) in [5, 5.41) is 9.16. The molecular formula is C21H18N2O2S. The van der Waals surface area contributed by atoms with Crippen LogP contribution < -0.4 is 9.47 Å². The van der Waals surface area contributed by atoms with E-state index < -0.39 is 0 Å². The molecule has 26 heavy (non-hydrogen) atoms. The Morgan fingerprint density at radius 2 is 2.04 bits per heavy atom. The van der Waals surface area contributed by atoms with Crippen LogP contribution in [0.1, 0.15) is 34.7 Å². The molecule has 5 heteroatoms. The third-order valence-electron chi connectivity index (χ3n) is 4.89. The molecule has 0 aliphatic carbocycles. The summed E-state index contributed by atoms with van der Waals surface area (Å²) in [6, 6.07) is 20.7. The molecule has 0 saturated carbocycles.